The van der Waals surface area contributed by atoms with Gasteiger partial charge in [0.25, 0.3) is 0 Å². The lowest BCUT2D eigenvalue weighted by Gasteiger charge is -2.09. The zero-order valence-electron chi connectivity index (χ0n) is 25.3. The topological polar surface area (TPSA) is 155 Å². The van der Waals surface area contributed by atoms with Gasteiger partial charge in [-0.25, -0.2) is 0 Å². The maximum absolute atomic E-state index is 11.9. The van der Waals surface area contributed by atoms with Crippen molar-refractivity contribution in [1.29, 1.82) is 0 Å². The Hall–Kier alpha value is -2.39. The van der Waals surface area contributed by atoms with Crippen LogP contribution in [0.4, 0.5) is 0 Å². The smallest absolute Gasteiger partial charge is 0.243 e. The van der Waals surface area contributed by atoms with E-state index in [2.05, 4.69) is 34.4 Å². The first kappa shape index (κ1) is 39.6. The van der Waals surface area contributed by atoms with Crippen molar-refractivity contribution in [1.82, 2.24) is 21.3 Å². The lowest BCUT2D eigenvalue weighted by atomic mass is 10.3. The third kappa shape index (κ3) is 32.1. The molecular weight excluding hydrogens is 548 g/mol. The zero-order chi connectivity index (χ0) is 30.8. The Morgan fingerprint density at radius 3 is 1.17 bits per heavy atom. The molecule has 42 heavy (non-hydrogen) atoms. The first-order valence-corrected chi connectivity index (χ1v) is 14.8. The molecule has 0 aliphatic carbocycles. The van der Waals surface area contributed by atoms with Gasteiger partial charge >= 0.3 is 0 Å². The molecular formula is C29H54N4O9. The Morgan fingerprint density at radius 2 is 0.786 bits per heavy atom. The average Bonchev–Trinajstić information content (AvgIpc) is 3.00. The largest absolute Gasteiger partial charge is 0.379 e. The predicted molar refractivity (Wildman–Crippen MR) is 160 cm³/mol. The first-order chi connectivity index (χ1) is 20.6. The third-order valence-electron chi connectivity index (χ3n) is 5.35. The van der Waals surface area contributed by atoms with Gasteiger partial charge in [0.15, 0.2) is 0 Å². The second kappa shape index (κ2) is 33.1. The van der Waals surface area contributed by atoms with Crippen LogP contribution in [0.5, 0.6) is 0 Å². The number of rotatable bonds is 33. The number of hydrogen-bond donors (Lipinski definition) is 4. The lowest BCUT2D eigenvalue weighted by Crippen LogP contribution is -2.29. The second-order valence-electron chi connectivity index (χ2n) is 8.93. The van der Waals surface area contributed by atoms with Crippen LogP contribution < -0.4 is 21.3 Å². The summed E-state index contributed by atoms with van der Waals surface area (Å²) < 4.78 is 32.7. The van der Waals surface area contributed by atoms with E-state index in [1.165, 1.54) is 12.2 Å². The summed E-state index contributed by atoms with van der Waals surface area (Å²) in [5.74, 6) is -0.333. The number of hydrogen-bond acceptors (Lipinski definition) is 10. The van der Waals surface area contributed by atoms with Gasteiger partial charge in [-0.2, -0.15) is 0 Å². The maximum Gasteiger partial charge on any atom is 0.243 e. The normalized spacial score (nSPS) is 10.8. The summed E-state index contributed by atoms with van der Waals surface area (Å²) in [6, 6.07) is 0. The van der Waals surface area contributed by atoms with Crippen LogP contribution in [0.1, 0.15) is 32.1 Å². The van der Waals surface area contributed by atoms with Crippen molar-refractivity contribution in [3.63, 3.8) is 0 Å². The molecule has 0 aromatic carbocycles. The highest BCUT2D eigenvalue weighted by molar-refractivity contribution is 5.87. The first-order valence-electron chi connectivity index (χ1n) is 14.8. The van der Waals surface area contributed by atoms with Crippen LogP contribution in [-0.2, 0) is 42.8 Å². The van der Waals surface area contributed by atoms with Crippen LogP contribution in [0.3, 0.4) is 0 Å². The molecule has 0 rings (SSSR count). The van der Waals surface area contributed by atoms with Crippen molar-refractivity contribution in [3.8, 4) is 0 Å². The minimum Gasteiger partial charge on any atom is -0.379 e. The fraction of sp³-hybridized carbons (Fsp3) is 0.759. The SMILES string of the molecule is C=CC(=O)NCCCOCCOCCOCCCNCCC(=O)NCCCOCCOCCOCCCNC(=O)C=C. The number of carbonyl (C=O) groups is 3. The van der Waals surface area contributed by atoms with Crippen molar-refractivity contribution >= 4 is 17.7 Å². The van der Waals surface area contributed by atoms with Gasteiger partial charge in [0.2, 0.25) is 17.7 Å². The number of ether oxygens (including phenoxy) is 6. The van der Waals surface area contributed by atoms with E-state index in [9.17, 15) is 14.4 Å². The number of nitrogens with one attached hydrogen (secondary N) is 4. The van der Waals surface area contributed by atoms with E-state index < -0.39 is 0 Å². The predicted octanol–water partition coefficient (Wildman–Crippen LogP) is 0.347. The van der Waals surface area contributed by atoms with Gasteiger partial charge in [0.1, 0.15) is 0 Å². The van der Waals surface area contributed by atoms with Crippen molar-refractivity contribution < 1.29 is 42.8 Å². The molecule has 244 valence electrons. The van der Waals surface area contributed by atoms with Crippen LogP contribution in [0.25, 0.3) is 0 Å². The Morgan fingerprint density at radius 1 is 0.452 bits per heavy atom. The van der Waals surface area contributed by atoms with E-state index in [0.717, 1.165) is 32.2 Å². The van der Waals surface area contributed by atoms with Crippen molar-refractivity contribution in [2.45, 2.75) is 32.1 Å². The standard InChI is InChI=1S/C29H54N4O9/c1-3-27(34)31-11-6-16-38-20-24-41-23-19-37-15-5-10-30-14-9-29(36)33-13-8-18-40-22-26-42-25-21-39-17-7-12-32-28(35)4-2/h3-4,30H,1-2,5-26H2,(H,31,34)(H,32,35)(H,33,36). The Labute approximate surface area is 251 Å². The van der Waals surface area contributed by atoms with Gasteiger partial charge in [-0.05, 0) is 44.4 Å². The zero-order valence-corrected chi connectivity index (χ0v) is 25.3. The molecule has 13 nitrogen and oxygen atoms in total. The molecule has 0 saturated carbocycles. The average molecular weight is 603 g/mol. The Balaban J connectivity index is 3.19. The summed E-state index contributed by atoms with van der Waals surface area (Å²) >= 11 is 0. The molecule has 0 aromatic heterocycles. The summed E-state index contributed by atoms with van der Waals surface area (Å²) in [4.78, 5) is 33.8. The molecule has 0 spiro atoms. The lowest BCUT2D eigenvalue weighted by molar-refractivity contribution is -0.121. The van der Waals surface area contributed by atoms with Crippen LogP contribution in [0, 0.1) is 0 Å². The molecule has 3 amide bonds. The summed E-state index contributed by atoms with van der Waals surface area (Å²) in [7, 11) is 0. The Kier molecular flexibility index (Phi) is 31.2. The highest BCUT2D eigenvalue weighted by atomic mass is 16.5. The van der Waals surface area contributed by atoms with E-state index in [1.807, 2.05) is 0 Å². The third-order valence-corrected chi connectivity index (χ3v) is 5.35. The van der Waals surface area contributed by atoms with Crippen molar-refractivity contribution in [2.75, 3.05) is 112 Å². The molecule has 0 radical (unpaired) electrons. The molecule has 0 aliphatic rings. The van der Waals surface area contributed by atoms with Gasteiger partial charge in [-0.15, -0.1) is 0 Å². The minimum absolute atomic E-state index is 0.0192. The van der Waals surface area contributed by atoms with E-state index >= 15 is 0 Å². The maximum atomic E-state index is 11.9. The highest BCUT2D eigenvalue weighted by Crippen LogP contribution is 1.88. The van der Waals surface area contributed by atoms with Crippen LogP contribution >= 0.6 is 0 Å². The van der Waals surface area contributed by atoms with Crippen LogP contribution in [-0.4, -0.2) is 130 Å². The number of amides is 3. The molecule has 0 atom stereocenters. The fourth-order valence-corrected chi connectivity index (χ4v) is 3.12. The molecule has 0 fully saturated rings. The molecule has 13 heteroatoms. The van der Waals surface area contributed by atoms with Crippen molar-refractivity contribution in [2.24, 2.45) is 0 Å². The monoisotopic (exact) mass is 602 g/mol. The van der Waals surface area contributed by atoms with E-state index in [4.69, 9.17) is 28.4 Å². The molecule has 0 aromatic rings. The van der Waals surface area contributed by atoms with Gasteiger partial charge in [-0.1, -0.05) is 13.2 Å². The van der Waals surface area contributed by atoms with Crippen LogP contribution in [0.2, 0.25) is 0 Å². The van der Waals surface area contributed by atoms with Gasteiger partial charge in [0, 0.05) is 59.0 Å². The molecule has 0 bridgehead atoms. The molecule has 0 unspecified atom stereocenters. The number of carbonyl (C=O) groups excluding carboxylic acids is 3. The minimum atomic E-state index is -0.178. The highest BCUT2D eigenvalue weighted by Gasteiger charge is 2.01. The summed E-state index contributed by atoms with van der Waals surface area (Å²) in [6.45, 7) is 16.3. The quantitative estimate of drug-likeness (QED) is 0.0611. The van der Waals surface area contributed by atoms with Gasteiger partial charge in [0.05, 0.1) is 52.9 Å². The van der Waals surface area contributed by atoms with Gasteiger partial charge < -0.3 is 49.7 Å². The van der Waals surface area contributed by atoms with E-state index in [-0.39, 0.29) is 17.7 Å². The van der Waals surface area contributed by atoms with E-state index in [1.54, 1.807) is 0 Å². The summed E-state index contributed by atoms with van der Waals surface area (Å²) in [6.07, 6.45) is 6.02. The molecule has 0 aliphatic heterocycles. The summed E-state index contributed by atoms with van der Waals surface area (Å²) in [5.41, 5.74) is 0. The fourth-order valence-electron chi connectivity index (χ4n) is 3.12. The Bertz CT molecular complexity index is 683. The van der Waals surface area contributed by atoms with Crippen LogP contribution in [0.15, 0.2) is 25.3 Å². The summed E-state index contributed by atoms with van der Waals surface area (Å²) in [5, 5.41) is 11.5. The van der Waals surface area contributed by atoms with Crippen molar-refractivity contribution in [3.05, 3.63) is 25.3 Å². The molecule has 4 N–H and O–H groups in total. The van der Waals surface area contributed by atoms with E-state index in [0.29, 0.717) is 112 Å². The molecule has 0 heterocycles. The molecule has 0 saturated heterocycles. The second-order valence-corrected chi connectivity index (χ2v) is 8.93. The van der Waals surface area contributed by atoms with Gasteiger partial charge in [-0.3, -0.25) is 14.4 Å².